The molecule has 1 rings (SSSR count). The highest BCUT2D eigenvalue weighted by Crippen LogP contribution is 2.39. The van der Waals surface area contributed by atoms with Crippen molar-refractivity contribution in [3.05, 3.63) is 29.8 Å². The van der Waals surface area contributed by atoms with Crippen molar-refractivity contribution in [2.24, 2.45) is 10.8 Å². The summed E-state index contributed by atoms with van der Waals surface area (Å²) in [5.41, 5.74) is -2.15. The summed E-state index contributed by atoms with van der Waals surface area (Å²) in [6.45, 7) is 10.1. The molecule has 0 aliphatic heterocycles. The summed E-state index contributed by atoms with van der Waals surface area (Å²) in [4.78, 5) is 36.9. The Morgan fingerprint density at radius 1 is 1.08 bits per heavy atom. The van der Waals surface area contributed by atoms with Gasteiger partial charge in [-0.1, -0.05) is 32.9 Å². The van der Waals surface area contributed by atoms with Crippen LogP contribution in [0.2, 0.25) is 0 Å². The molecule has 0 spiro atoms. The Morgan fingerprint density at radius 2 is 1.68 bits per heavy atom. The van der Waals surface area contributed by atoms with Gasteiger partial charge in [0.05, 0.1) is 12.5 Å². The van der Waals surface area contributed by atoms with Crippen molar-refractivity contribution in [3.8, 4) is 5.75 Å². The summed E-state index contributed by atoms with van der Waals surface area (Å²) in [5.74, 6) is -0.0663. The lowest BCUT2D eigenvalue weighted by Gasteiger charge is -2.35. The predicted octanol–water partition coefficient (Wildman–Crippen LogP) is 4.10. The number of carbonyl (C=O) groups is 3. The van der Waals surface area contributed by atoms with Gasteiger partial charge in [-0.15, -0.1) is 0 Å². The average molecular weight is 366 g/mol. The molecule has 0 amide bonds. The van der Waals surface area contributed by atoms with Gasteiger partial charge < -0.3 is 9.47 Å². The number of ether oxygens (including phenoxy) is 2. The maximum atomic E-state index is 12.8. The Hall–Kier alpha value is -1.82. The van der Waals surface area contributed by atoms with Gasteiger partial charge in [0, 0.05) is 17.9 Å². The van der Waals surface area contributed by atoms with E-state index in [-0.39, 0.29) is 10.9 Å². The Morgan fingerprint density at radius 3 is 2.16 bits per heavy atom. The van der Waals surface area contributed by atoms with Crippen molar-refractivity contribution in [1.29, 1.82) is 0 Å². The minimum Gasteiger partial charge on any atom is -0.497 e. The molecule has 0 saturated carbocycles. The fourth-order valence-electron chi connectivity index (χ4n) is 2.46. The lowest BCUT2D eigenvalue weighted by molar-refractivity contribution is -0.151. The first-order valence-electron chi connectivity index (χ1n) is 7.96. The smallest absolute Gasteiger partial charge is 0.303 e. The van der Waals surface area contributed by atoms with Gasteiger partial charge in [-0.25, -0.2) is 0 Å². The van der Waals surface area contributed by atoms with Crippen molar-refractivity contribution in [2.75, 3.05) is 7.11 Å². The summed E-state index contributed by atoms with van der Waals surface area (Å²) in [6, 6.07) is 6.71. The standard InChI is InChI=1S/C19H26O5S/c1-12(20)24-17(19(5,6)16(22)18(2,3)4)25-15(21)13-9-8-10-14(11-13)23-7/h8-11,17H,1-7H3. The number of esters is 1. The first-order valence-corrected chi connectivity index (χ1v) is 8.84. The molecule has 6 heteroatoms. The van der Waals surface area contributed by atoms with Crippen LogP contribution in [0, 0.1) is 10.8 Å². The quantitative estimate of drug-likeness (QED) is 0.558. The summed E-state index contributed by atoms with van der Waals surface area (Å²) in [5, 5.41) is -0.292. The number of hydrogen-bond donors (Lipinski definition) is 0. The van der Waals surface area contributed by atoms with E-state index in [0.717, 1.165) is 11.8 Å². The van der Waals surface area contributed by atoms with Gasteiger partial charge in [0.1, 0.15) is 11.5 Å². The van der Waals surface area contributed by atoms with Crippen LogP contribution in [0.1, 0.15) is 51.9 Å². The Kier molecular flexibility index (Phi) is 6.82. The van der Waals surface area contributed by atoms with Gasteiger partial charge in [-0.05, 0) is 37.7 Å². The molecule has 0 N–H and O–H groups in total. The van der Waals surface area contributed by atoms with E-state index >= 15 is 0 Å². The van der Waals surface area contributed by atoms with Crippen molar-refractivity contribution in [2.45, 2.75) is 47.0 Å². The van der Waals surface area contributed by atoms with E-state index in [1.54, 1.807) is 58.9 Å². The van der Waals surface area contributed by atoms with Gasteiger partial charge >= 0.3 is 5.97 Å². The molecule has 0 radical (unpaired) electrons. The van der Waals surface area contributed by atoms with Crippen LogP contribution in [-0.4, -0.2) is 29.4 Å². The Labute approximate surface area is 153 Å². The minimum absolute atomic E-state index is 0.0859. The number of thioether (sulfide) groups is 1. The topological polar surface area (TPSA) is 69.7 Å². The van der Waals surface area contributed by atoms with Crippen molar-refractivity contribution in [1.82, 2.24) is 0 Å². The number of Topliss-reactive ketones (excluding diaryl/α,β-unsaturated/α-hetero) is 1. The number of carbonyl (C=O) groups excluding carboxylic acids is 3. The van der Waals surface area contributed by atoms with E-state index < -0.39 is 22.2 Å². The van der Waals surface area contributed by atoms with Gasteiger partial charge in [-0.3, -0.25) is 14.4 Å². The highest BCUT2D eigenvalue weighted by atomic mass is 32.2. The molecular weight excluding hydrogens is 340 g/mol. The third kappa shape index (κ3) is 5.59. The molecular formula is C19H26O5S. The normalized spacial score (nSPS) is 13.1. The second-order valence-corrected chi connectivity index (χ2v) is 8.41. The Balaban J connectivity index is 3.12. The molecule has 1 atom stereocenters. The first-order chi connectivity index (χ1) is 11.4. The third-order valence-electron chi connectivity index (χ3n) is 3.65. The zero-order valence-electron chi connectivity index (χ0n) is 15.8. The molecule has 0 aliphatic rings. The van der Waals surface area contributed by atoms with E-state index in [0.29, 0.717) is 11.3 Å². The van der Waals surface area contributed by atoms with Crippen LogP contribution in [0.5, 0.6) is 5.75 Å². The number of rotatable bonds is 6. The fraction of sp³-hybridized carbons (Fsp3) is 0.526. The van der Waals surface area contributed by atoms with Crippen LogP contribution in [0.3, 0.4) is 0 Å². The summed E-state index contributed by atoms with van der Waals surface area (Å²) < 4.78 is 10.5. The molecule has 0 fully saturated rings. The SMILES string of the molecule is COc1cccc(C(=O)SC(OC(C)=O)C(C)(C)C(=O)C(C)(C)C)c1. The van der Waals surface area contributed by atoms with E-state index in [2.05, 4.69) is 0 Å². The van der Waals surface area contributed by atoms with Gasteiger partial charge in [0.15, 0.2) is 5.44 Å². The average Bonchev–Trinajstić information content (AvgIpc) is 2.52. The molecule has 25 heavy (non-hydrogen) atoms. The maximum Gasteiger partial charge on any atom is 0.303 e. The van der Waals surface area contributed by atoms with Crippen LogP contribution < -0.4 is 4.74 Å². The first kappa shape index (κ1) is 21.2. The molecule has 0 heterocycles. The van der Waals surface area contributed by atoms with E-state index in [1.165, 1.54) is 14.0 Å². The summed E-state index contributed by atoms with van der Waals surface area (Å²) >= 11 is 0.838. The number of hydrogen-bond acceptors (Lipinski definition) is 6. The zero-order valence-corrected chi connectivity index (χ0v) is 16.7. The van der Waals surface area contributed by atoms with E-state index in [1.807, 2.05) is 0 Å². The van der Waals surface area contributed by atoms with Crippen molar-refractivity contribution in [3.63, 3.8) is 0 Å². The lowest BCUT2D eigenvalue weighted by Crippen LogP contribution is -2.44. The largest absolute Gasteiger partial charge is 0.497 e. The molecule has 0 aliphatic carbocycles. The van der Waals surface area contributed by atoms with E-state index in [9.17, 15) is 14.4 Å². The predicted molar refractivity (Wildman–Crippen MR) is 98.7 cm³/mol. The van der Waals surface area contributed by atoms with Crippen LogP contribution in [0.25, 0.3) is 0 Å². The van der Waals surface area contributed by atoms with Gasteiger partial charge in [0.25, 0.3) is 0 Å². The molecule has 0 aromatic heterocycles. The molecule has 0 saturated heterocycles. The molecule has 5 nitrogen and oxygen atoms in total. The van der Waals surface area contributed by atoms with Gasteiger partial charge in [0.2, 0.25) is 5.12 Å². The maximum absolute atomic E-state index is 12.8. The monoisotopic (exact) mass is 366 g/mol. The molecule has 138 valence electrons. The third-order valence-corrected chi connectivity index (χ3v) is 5.00. The Bertz CT molecular complexity index is 658. The molecule has 1 unspecified atom stereocenters. The highest BCUT2D eigenvalue weighted by Gasteiger charge is 2.45. The van der Waals surface area contributed by atoms with Crippen LogP contribution in [0.15, 0.2) is 24.3 Å². The summed E-state index contributed by atoms with van der Waals surface area (Å²) in [6.07, 6.45) is 0. The number of benzene rings is 1. The second kappa shape index (κ2) is 8.04. The number of ketones is 1. The van der Waals surface area contributed by atoms with Crippen LogP contribution >= 0.6 is 11.8 Å². The minimum atomic E-state index is -1.02. The lowest BCUT2D eigenvalue weighted by atomic mass is 9.75. The van der Waals surface area contributed by atoms with Crippen LogP contribution in [0.4, 0.5) is 0 Å². The summed E-state index contributed by atoms with van der Waals surface area (Å²) in [7, 11) is 1.52. The number of methoxy groups -OCH3 is 1. The zero-order chi connectivity index (χ0) is 19.4. The fourth-order valence-corrected chi connectivity index (χ4v) is 3.50. The molecule has 1 aromatic carbocycles. The van der Waals surface area contributed by atoms with Crippen LogP contribution in [-0.2, 0) is 14.3 Å². The second-order valence-electron chi connectivity index (χ2n) is 7.38. The molecule has 0 bridgehead atoms. The van der Waals surface area contributed by atoms with Gasteiger partial charge in [-0.2, -0.15) is 0 Å². The molecule has 1 aromatic rings. The van der Waals surface area contributed by atoms with E-state index in [4.69, 9.17) is 9.47 Å². The highest BCUT2D eigenvalue weighted by molar-refractivity contribution is 8.14. The van der Waals surface area contributed by atoms with Crippen molar-refractivity contribution < 1.29 is 23.9 Å². The van der Waals surface area contributed by atoms with Crippen molar-refractivity contribution >= 4 is 28.6 Å².